The van der Waals surface area contributed by atoms with Gasteiger partial charge >= 0.3 is 0 Å². The van der Waals surface area contributed by atoms with Crippen LogP contribution in [0.4, 0.5) is 9.18 Å². The minimum atomic E-state index is -0.566. The Morgan fingerprint density at radius 2 is 2.00 bits per heavy atom. The molecule has 2 aromatic carbocycles. The summed E-state index contributed by atoms with van der Waals surface area (Å²) in [6.07, 6.45) is 2.45. The van der Waals surface area contributed by atoms with E-state index in [2.05, 4.69) is 15.9 Å². The lowest BCUT2D eigenvalue weighted by atomic mass is 10.1. The summed E-state index contributed by atoms with van der Waals surface area (Å²) in [5.41, 5.74) is 0.764. The number of hydrogen-bond acceptors (Lipinski definition) is 5. The predicted octanol–water partition coefficient (Wildman–Crippen LogP) is 6.67. The van der Waals surface area contributed by atoms with Crippen molar-refractivity contribution in [2.45, 2.75) is 26.8 Å². The van der Waals surface area contributed by atoms with E-state index in [9.17, 15) is 14.0 Å². The molecule has 0 atom stereocenters. The van der Waals surface area contributed by atoms with Gasteiger partial charge in [-0.05, 0) is 76.9 Å². The van der Waals surface area contributed by atoms with Gasteiger partial charge in [-0.25, -0.2) is 4.39 Å². The third-order valence-corrected chi connectivity index (χ3v) is 6.18. The first-order valence-corrected chi connectivity index (χ1v) is 11.6. The fourth-order valence-corrected chi connectivity index (χ4v) is 4.54. The zero-order valence-electron chi connectivity index (χ0n) is 16.9. The fraction of sp³-hybridized carbons (Fsp3) is 0.273. The van der Waals surface area contributed by atoms with Gasteiger partial charge in [-0.3, -0.25) is 14.5 Å². The highest BCUT2D eigenvalue weighted by Crippen LogP contribution is 2.40. The van der Waals surface area contributed by atoms with Gasteiger partial charge in [-0.15, -0.1) is 0 Å². The molecule has 1 heterocycles. The second-order valence-corrected chi connectivity index (χ2v) is 8.83. The molecule has 0 aliphatic carbocycles. The van der Waals surface area contributed by atoms with Gasteiger partial charge < -0.3 is 9.47 Å². The highest BCUT2D eigenvalue weighted by Gasteiger charge is 2.36. The van der Waals surface area contributed by atoms with Crippen molar-refractivity contribution in [1.82, 2.24) is 4.90 Å². The number of amides is 2. The van der Waals surface area contributed by atoms with Crippen LogP contribution in [0.5, 0.6) is 11.5 Å². The number of imide groups is 1. The van der Waals surface area contributed by atoms with Gasteiger partial charge in [0.2, 0.25) is 0 Å². The van der Waals surface area contributed by atoms with Gasteiger partial charge in [0, 0.05) is 10.6 Å². The topological polar surface area (TPSA) is 55.8 Å². The zero-order valence-corrected chi connectivity index (χ0v) is 20.1. The van der Waals surface area contributed by atoms with Crippen molar-refractivity contribution >= 4 is 56.5 Å². The first-order valence-electron chi connectivity index (χ1n) is 9.63. The van der Waals surface area contributed by atoms with E-state index in [1.165, 1.54) is 18.2 Å². The third-order valence-electron chi connectivity index (χ3n) is 4.33. The number of ether oxygens (including phenoxy) is 2. The molecule has 164 valence electrons. The van der Waals surface area contributed by atoms with Gasteiger partial charge in [0.05, 0.1) is 29.1 Å². The number of nitrogens with zero attached hydrogens (tertiary/aromatic N) is 1. The minimum Gasteiger partial charge on any atom is -0.490 e. The van der Waals surface area contributed by atoms with Crippen LogP contribution in [0.2, 0.25) is 5.02 Å². The van der Waals surface area contributed by atoms with E-state index in [0.29, 0.717) is 34.7 Å². The second-order valence-electron chi connectivity index (χ2n) is 6.58. The molecule has 0 N–H and O–H groups in total. The Morgan fingerprint density at radius 3 is 2.68 bits per heavy atom. The lowest BCUT2D eigenvalue weighted by Gasteiger charge is -2.15. The average Bonchev–Trinajstić information content (AvgIpc) is 2.97. The Morgan fingerprint density at radius 1 is 1.23 bits per heavy atom. The molecule has 0 bridgehead atoms. The predicted molar refractivity (Wildman–Crippen MR) is 124 cm³/mol. The second kappa shape index (κ2) is 10.5. The number of carbonyl (C=O) groups is 2. The first kappa shape index (κ1) is 23.6. The lowest BCUT2D eigenvalue weighted by molar-refractivity contribution is -0.123. The average molecular weight is 529 g/mol. The van der Waals surface area contributed by atoms with Crippen molar-refractivity contribution in [2.75, 3.05) is 13.2 Å². The van der Waals surface area contributed by atoms with Gasteiger partial charge in [-0.2, -0.15) is 0 Å². The van der Waals surface area contributed by atoms with Crippen LogP contribution in [-0.4, -0.2) is 29.3 Å². The summed E-state index contributed by atoms with van der Waals surface area (Å²) >= 11 is 10.3. The molecule has 31 heavy (non-hydrogen) atoms. The monoisotopic (exact) mass is 527 g/mol. The molecule has 1 aliphatic rings. The fourth-order valence-electron chi connectivity index (χ4n) is 2.91. The van der Waals surface area contributed by atoms with Crippen LogP contribution in [0.3, 0.4) is 0 Å². The Balaban J connectivity index is 1.88. The smallest absolute Gasteiger partial charge is 0.293 e. The van der Waals surface area contributed by atoms with Crippen LogP contribution in [-0.2, 0) is 11.3 Å². The van der Waals surface area contributed by atoms with Crippen molar-refractivity contribution in [2.24, 2.45) is 0 Å². The molecule has 5 nitrogen and oxygen atoms in total. The molecule has 0 radical (unpaired) electrons. The molecule has 0 saturated carbocycles. The molecule has 2 amide bonds. The van der Waals surface area contributed by atoms with E-state index >= 15 is 0 Å². The van der Waals surface area contributed by atoms with E-state index < -0.39 is 17.0 Å². The summed E-state index contributed by atoms with van der Waals surface area (Å²) in [5.74, 6) is 0.0512. The quantitative estimate of drug-likeness (QED) is 0.358. The van der Waals surface area contributed by atoms with Crippen LogP contribution in [0.1, 0.15) is 31.4 Å². The summed E-state index contributed by atoms with van der Waals surface area (Å²) in [6, 6.07) is 7.77. The Kier molecular flexibility index (Phi) is 8.02. The first-order chi connectivity index (χ1) is 14.8. The zero-order chi connectivity index (χ0) is 22.5. The summed E-state index contributed by atoms with van der Waals surface area (Å²) in [4.78, 5) is 26.5. The standard InChI is InChI=1S/C22H20BrClFNO4S/c1-3-8-30-20-15(23)9-13(10-18(20)29-4-2)11-19-21(27)26(22(28)31-19)12-14-16(24)6-5-7-17(14)25/h5-7,9-11H,3-4,8,12H2,1-2H3/b19-11-. The van der Waals surface area contributed by atoms with E-state index in [0.717, 1.165) is 23.1 Å². The molecular formula is C22H20BrClFNO4S. The lowest BCUT2D eigenvalue weighted by Crippen LogP contribution is -2.28. The Hall–Kier alpha value is -2.03. The molecule has 0 aromatic heterocycles. The molecule has 2 aromatic rings. The Labute approximate surface area is 197 Å². The van der Waals surface area contributed by atoms with Crippen molar-refractivity contribution < 1.29 is 23.5 Å². The summed E-state index contributed by atoms with van der Waals surface area (Å²) < 4.78 is 26.2. The normalized spacial score (nSPS) is 15.1. The number of hydrogen-bond donors (Lipinski definition) is 0. The number of rotatable bonds is 8. The summed E-state index contributed by atoms with van der Waals surface area (Å²) in [7, 11) is 0. The highest BCUT2D eigenvalue weighted by atomic mass is 79.9. The molecule has 0 spiro atoms. The molecular weight excluding hydrogens is 509 g/mol. The van der Waals surface area contributed by atoms with Gasteiger partial charge in [0.15, 0.2) is 11.5 Å². The largest absolute Gasteiger partial charge is 0.490 e. The van der Waals surface area contributed by atoms with Crippen molar-refractivity contribution in [3.05, 3.63) is 61.7 Å². The number of benzene rings is 2. The van der Waals surface area contributed by atoms with Crippen molar-refractivity contribution in [3.8, 4) is 11.5 Å². The van der Waals surface area contributed by atoms with E-state index in [4.69, 9.17) is 21.1 Å². The van der Waals surface area contributed by atoms with Gasteiger partial charge in [0.25, 0.3) is 11.1 Å². The Bertz CT molecular complexity index is 1030. The van der Waals surface area contributed by atoms with Gasteiger partial charge in [0.1, 0.15) is 5.82 Å². The van der Waals surface area contributed by atoms with Crippen LogP contribution < -0.4 is 9.47 Å². The maximum atomic E-state index is 14.1. The molecule has 9 heteroatoms. The summed E-state index contributed by atoms with van der Waals surface area (Å²) in [6.45, 7) is 4.62. The minimum absolute atomic E-state index is 0.103. The molecule has 3 rings (SSSR count). The molecule has 0 unspecified atom stereocenters. The van der Waals surface area contributed by atoms with Gasteiger partial charge in [-0.1, -0.05) is 24.6 Å². The molecule has 1 saturated heterocycles. The number of halogens is 3. The maximum absolute atomic E-state index is 14.1. The number of carbonyl (C=O) groups excluding carboxylic acids is 2. The van der Waals surface area contributed by atoms with E-state index in [-0.39, 0.29) is 22.0 Å². The van der Waals surface area contributed by atoms with Crippen LogP contribution in [0, 0.1) is 5.82 Å². The SMILES string of the molecule is CCCOc1c(Br)cc(/C=C2\SC(=O)N(Cc3c(F)cccc3Cl)C2=O)cc1OCC. The molecule has 1 aliphatic heterocycles. The van der Waals surface area contributed by atoms with Crippen LogP contribution in [0.25, 0.3) is 6.08 Å². The van der Waals surface area contributed by atoms with Crippen LogP contribution in [0.15, 0.2) is 39.7 Å². The third kappa shape index (κ3) is 5.42. The van der Waals surface area contributed by atoms with E-state index in [1.54, 1.807) is 18.2 Å². The van der Waals surface area contributed by atoms with Crippen LogP contribution >= 0.6 is 39.3 Å². The van der Waals surface area contributed by atoms with Crippen molar-refractivity contribution in [1.29, 1.82) is 0 Å². The van der Waals surface area contributed by atoms with E-state index in [1.807, 2.05) is 13.8 Å². The number of thioether (sulfide) groups is 1. The summed E-state index contributed by atoms with van der Waals surface area (Å²) in [5, 5.41) is -0.321. The van der Waals surface area contributed by atoms with Crippen molar-refractivity contribution in [3.63, 3.8) is 0 Å². The molecule has 1 fully saturated rings. The maximum Gasteiger partial charge on any atom is 0.293 e. The highest BCUT2D eigenvalue weighted by molar-refractivity contribution is 9.10.